The molecule has 0 radical (unpaired) electrons. The third kappa shape index (κ3) is 2.95. The predicted octanol–water partition coefficient (Wildman–Crippen LogP) is 4.83. The molecule has 4 rings (SSSR count). The highest BCUT2D eigenvalue weighted by Gasteiger charge is 2.68. The zero-order valence-electron chi connectivity index (χ0n) is 19.9. The van der Waals surface area contributed by atoms with E-state index in [4.69, 9.17) is 14.2 Å². The van der Waals surface area contributed by atoms with Crippen molar-refractivity contribution in [2.75, 3.05) is 6.61 Å². The van der Waals surface area contributed by atoms with E-state index in [1.54, 1.807) is 0 Å². The minimum Gasteiger partial charge on any atom is -0.465 e. The molecular formula is C25H38O5. The molecule has 5 atom stereocenters. The van der Waals surface area contributed by atoms with Gasteiger partial charge in [-0.1, -0.05) is 41.0 Å². The molecule has 0 amide bonds. The smallest absolute Gasteiger partial charge is 0.302 e. The lowest BCUT2D eigenvalue weighted by Crippen LogP contribution is -2.52. The fraction of sp³-hybridized carbons (Fsp3) is 0.840. The lowest BCUT2D eigenvalue weighted by atomic mass is 9.54. The summed E-state index contributed by atoms with van der Waals surface area (Å²) in [6.45, 7) is 16.8. The van der Waals surface area contributed by atoms with Crippen molar-refractivity contribution in [3.63, 3.8) is 0 Å². The van der Waals surface area contributed by atoms with Crippen LogP contribution in [0.1, 0.15) is 81.1 Å². The maximum Gasteiger partial charge on any atom is 0.302 e. The summed E-state index contributed by atoms with van der Waals surface area (Å²) in [6, 6.07) is 0. The molecule has 1 heterocycles. The van der Waals surface area contributed by atoms with E-state index >= 15 is 0 Å². The Labute approximate surface area is 180 Å². The zero-order valence-corrected chi connectivity index (χ0v) is 19.9. The highest BCUT2D eigenvalue weighted by molar-refractivity contribution is 6.00. The van der Waals surface area contributed by atoms with Crippen LogP contribution in [0.25, 0.3) is 0 Å². The van der Waals surface area contributed by atoms with Crippen LogP contribution in [0.3, 0.4) is 0 Å². The molecule has 0 spiro atoms. The third-order valence-electron chi connectivity index (χ3n) is 8.43. The highest BCUT2D eigenvalue weighted by Crippen LogP contribution is 2.68. The Kier molecular flexibility index (Phi) is 4.88. The molecule has 30 heavy (non-hydrogen) atoms. The largest absolute Gasteiger partial charge is 0.465 e. The summed E-state index contributed by atoms with van der Waals surface area (Å²) in [5.41, 5.74) is 1.19. The Morgan fingerprint density at radius 2 is 1.83 bits per heavy atom. The summed E-state index contributed by atoms with van der Waals surface area (Å²) in [7, 11) is 0. The van der Waals surface area contributed by atoms with Crippen LogP contribution in [-0.2, 0) is 23.8 Å². The Hall–Kier alpha value is -1.20. The van der Waals surface area contributed by atoms with Crippen molar-refractivity contribution >= 4 is 11.8 Å². The summed E-state index contributed by atoms with van der Waals surface area (Å²) in [5.74, 6) is -0.489. The Bertz CT molecular complexity index is 806. The van der Waals surface area contributed by atoms with E-state index in [9.17, 15) is 9.59 Å². The summed E-state index contributed by atoms with van der Waals surface area (Å²) >= 11 is 0. The van der Waals surface area contributed by atoms with Crippen molar-refractivity contribution in [1.82, 2.24) is 0 Å². The van der Waals surface area contributed by atoms with Crippen molar-refractivity contribution in [2.45, 2.75) is 98.6 Å². The average molecular weight is 419 g/mol. The van der Waals surface area contributed by atoms with E-state index in [0.29, 0.717) is 13.0 Å². The van der Waals surface area contributed by atoms with Gasteiger partial charge in [-0.3, -0.25) is 9.59 Å². The van der Waals surface area contributed by atoms with Gasteiger partial charge in [-0.05, 0) is 49.5 Å². The van der Waals surface area contributed by atoms with E-state index in [0.717, 1.165) is 30.4 Å². The minimum atomic E-state index is -0.756. The van der Waals surface area contributed by atoms with Gasteiger partial charge in [-0.25, -0.2) is 0 Å². The molecule has 0 aromatic heterocycles. The van der Waals surface area contributed by atoms with Gasteiger partial charge in [0.05, 0.1) is 6.61 Å². The number of ketones is 1. The first-order valence-electron chi connectivity index (χ1n) is 11.5. The molecule has 5 heteroatoms. The van der Waals surface area contributed by atoms with Gasteiger partial charge in [0.15, 0.2) is 11.6 Å². The van der Waals surface area contributed by atoms with Crippen LogP contribution < -0.4 is 0 Å². The Balaban J connectivity index is 1.91. The Morgan fingerprint density at radius 3 is 2.43 bits per heavy atom. The first kappa shape index (κ1) is 22.0. The molecule has 1 saturated carbocycles. The maximum atomic E-state index is 13.8. The second kappa shape index (κ2) is 6.65. The minimum absolute atomic E-state index is 0.0194. The van der Waals surface area contributed by atoms with E-state index in [-0.39, 0.29) is 46.4 Å². The van der Waals surface area contributed by atoms with Crippen LogP contribution >= 0.6 is 0 Å². The summed E-state index contributed by atoms with van der Waals surface area (Å²) < 4.78 is 18.7. The molecule has 4 aliphatic rings. The third-order valence-corrected chi connectivity index (χ3v) is 8.43. The summed E-state index contributed by atoms with van der Waals surface area (Å²) in [6.07, 6.45) is 3.29. The van der Waals surface area contributed by atoms with Gasteiger partial charge in [0.25, 0.3) is 0 Å². The van der Waals surface area contributed by atoms with Gasteiger partial charge in [-0.15, -0.1) is 0 Å². The van der Waals surface area contributed by atoms with Crippen molar-refractivity contribution in [3.8, 4) is 0 Å². The van der Waals surface area contributed by atoms with Crippen molar-refractivity contribution < 1.29 is 23.8 Å². The van der Waals surface area contributed by atoms with Crippen LogP contribution in [-0.4, -0.2) is 35.9 Å². The number of hydrogen-bond acceptors (Lipinski definition) is 5. The molecule has 5 nitrogen and oxygen atoms in total. The standard InChI is InChI=1S/C25H38O5/c1-14(2)25-12-17(27)19-18(21(25)29-23(6,7)30-25)16(13-28-15(3)26)20-22(4,5)10-9-11-24(19,20)8/h14,16,20-21H,9-13H2,1-8H3/t16-,20-,21-,24+,25-/m0/s1. The molecule has 0 aromatic rings. The van der Waals surface area contributed by atoms with Gasteiger partial charge >= 0.3 is 5.97 Å². The second-order valence-electron chi connectivity index (χ2n) is 11.7. The van der Waals surface area contributed by atoms with Gasteiger partial charge in [-0.2, -0.15) is 0 Å². The molecule has 2 fully saturated rings. The molecule has 1 saturated heterocycles. The number of esters is 1. The van der Waals surface area contributed by atoms with Crippen LogP contribution in [0.4, 0.5) is 0 Å². The number of rotatable bonds is 3. The molecule has 3 aliphatic carbocycles. The number of ether oxygens (including phenoxy) is 3. The van der Waals surface area contributed by atoms with E-state index in [1.807, 2.05) is 13.8 Å². The predicted molar refractivity (Wildman–Crippen MR) is 114 cm³/mol. The molecule has 0 N–H and O–H groups in total. The van der Waals surface area contributed by atoms with Crippen LogP contribution in [0.2, 0.25) is 0 Å². The second-order valence-corrected chi connectivity index (χ2v) is 11.7. The first-order valence-corrected chi connectivity index (χ1v) is 11.5. The molecule has 0 aromatic carbocycles. The number of Topliss-reactive ketones (excluding diaryl/α,β-unsaturated/α-hetero) is 1. The fourth-order valence-corrected chi connectivity index (χ4v) is 7.58. The monoisotopic (exact) mass is 418 g/mol. The molecule has 1 aliphatic heterocycles. The van der Waals surface area contributed by atoms with Crippen molar-refractivity contribution in [2.24, 2.45) is 28.6 Å². The molecule has 0 unspecified atom stereocenters. The summed E-state index contributed by atoms with van der Waals surface area (Å²) in [4.78, 5) is 25.6. The molecular weight excluding hydrogens is 380 g/mol. The van der Waals surface area contributed by atoms with Gasteiger partial charge in [0.2, 0.25) is 0 Å². The van der Waals surface area contributed by atoms with Gasteiger partial charge in [0, 0.05) is 30.3 Å². The topological polar surface area (TPSA) is 61.8 Å². The number of allylic oxidation sites excluding steroid dienone is 1. The van der Waals surface area contributed by atoms with E-state index in [2.05, 4.69) is 34.6 Å². The number of fused-ring (bicyclic) bond motifs is 4. The molecule has 0 bridgehead atoms. The normalized spacial score (nSPS) is 41.5. The molecule has 168 valence electrons. The fourth-order valence-electron chi connectivity index (χ4n) is 7.58. The van der Waals surface area contributed by atoms with Gasteiger partial charge in [0.1, 0.15) is 11.7 Å². The zero-order chi connectivity index (χ0) is 22.3. The lowest BCUT2D eigenvalue weighted by Gasteiger charge is -2.50. The Morgan fingerprint density at radius 1 is 1.17 bits per heavy atom. The quantitative estimate of drug-likeness (QED) is 0.615. The first-order chi connectivity index (χ1) is 13.8. The maximum absolute atomic E-state index is 13.8. The SMILES string of the molecule is CC(=O)OC[C@H]1C2=C(C(=O)C[C@@]3(C(C)C)OC(C)(C)O[C@@H]23)[C@@]2(C)CCCC(C)(C)[C@H]12. The van der Waals surface area contributed by atoms with Crippen molar-refractivity contribution in [1.29, 1.82) is 0 Å². The summed E-state index contributed by atoms with van der Waals surface area (Å²) in [5, 5.41) is 0. The van der Waals surface area contributed by atoms with E-state index in [1.165, 1.54) is 6.92 Å². The van der Waals surface area contributed by atoms with Crippen LogP contribution in [0, 0.1) is 28.6 Å². The lowest BCUT2D eigenvalue weighted by molar-refractivity contribution is -0.173. The number of carbonyl (C=O) groups is 2. The highest BCUT2D eigenvalue weighted by atomic mass is 16.8. The van der Waals surface area contributed by atoms with E-state index < -0.39 is 11.4 Å². The van der Waals surface area contributed by atoms with Crippen molar-refractivity contribution in [3.05, 3.63) is 11.1 Å². The number of carbonyl (C=O) groups excluding carboxylic acids is 2. The van der Waals surface area contributed by atoms with Crippen LogP contribution in [0.5, 0.6) is 0 Å². The van der Waals surface area contributed by atoms with Gasteiger partial charge < -0.3 is 14.2 Å². The van der Waals surface area contributed by atoms with Crippen LogP contribution in [0.15, 0.2) is 11.1 Å². The number of hydrogen-bond donors (Lipinski definition) is 0. The average Bonchev–Trinajstić information content (AvgIpc) is 3.02.